The van der Waals surface area contributed by atoms with Crippen molar-refractivity contribution in [2.24, 2.45) is 17.6 Å². The third-order valence-electron chi connectivity index (χ3n) is 8.14. The molecule has 5 rings (SSSR count). The van der Waals surface area contributed by atoms with E-state index in [4.69, 9.17) is 10.5 Å². The third-order valence-corrected chi connectivity index (χ3v) is 8.14. The van der Waals surface area contributed by atoms with Crippen LogP contribution in [0.25, 0.3) is 0 Å². The van der Waals surface area contributed by atoms with E-state index < -0.39 is 29.3 Å². The van der Waals surface area contributed by atoms with Crippen molar-refractivity contribution in [3.05, 3.63) is 34.7 Å². The molecule has 0 aromatic heterocycles. The Hall–Kier alpha value is -2.48. The molecule has 0 amide bonds. The number of alkyl halides is 1. The van der Waals surface area contributed by atoms with Gasteiger partial charge in [0, 0.05) is 29.8 Å². The standard InChI is InChI=1S/C25H30F2N2O4/c1-33-23-20-14(16-9-18(16)26)6-4-7-15(24(31)32)22(30)17(20)10-19(27)21(23)29-11-13-5-2-3-8-25(13,28)12-29/h7,10,13-14,16,18H,2-6,8-9,11-12,28H2,1H3,(H,31,32)/t13?,14?,16?,18-,25?/m0/s1. The SMILES string of the molecule is COc1c2c(cc(F)c1N1CC3CCCCC3(N)C1)C(=O)C(C(=O)O)=CCCC2C1C[C@@H]1F. The van der Waals surface area contributed by atoms with Crippen molar-refractivity contribution < 1.29 is 28.2 Å². The fourth-order valence-electron chi connectivity index (χ4n) is 6.36. The molecule has 0 bridgehead atoms. The summed E-state index contributed by atoms with van der Waals surface area (Å²) < 4.78 is 35.6. The number of Topliss-reactive ketones (excluding diaryl/α,β-unsaturated/α-hetero) is 1. The summed E-state index contributed by atoms with van der Waals surface area (Å²) in [6, 6.07) is 1.13. The molecular formula is C25H30F2N2O4. The first-order valence-electron chi connectivity index (χ1n) is 11.8. The zero-order valence-corrected chi connectivity index (χ0v) is 18.8. The van der Waals surface area contributed by atoms with Crippen LogP contribution in [0.3, 0.4) is 0 Å². The summed E-state index contributed by atoms with van der Waals surface area (Å²) in [5.74, 6) is -2.92. The van der Waals surface area contributed by atoms with Crippen LogP contribution in [0.4, 0.5) is 14.5 Å². The number of halogens is 2. The molecule has 4 unspecified atom stereocenters. The van der Waals surface area contributed by atoms with E-state index in [1.165, 1.54) is 13.2 Å². The number of fused-ring (bicyclic) bond motifs is 2. The minimum atomic E-state index is -1.35. The Kier molecular flexibility index (Phi) is 5.46. The van der Waals surface area contributed by atoms with Gasteiger partial charge in [0.05, 0.1) is 7.11 Å². The summed E-state index contributed by atoms with van der Waals surface area (Å²) in [5, 5.41) is 9.55. The average molecular weight is 461 g/mol. The average Bonchev–Trinajstić information content (AvgIpc) is 3.37. The van der Waals surface area contributed by atoms with Crippen LogP contribution in [-0.2, 0) is 4.79 Å². The number of carboxylic acids is 1. The number of benzene rings is 1. The first-order chi connectivity index (χ1) is 15.7. The summed E-state index contributed by atoms with van der Waals surface area (Å²) in [5.41, 5.74) is 6.59. The van der Waals surface area contributed by atoms with Gasteiger partial charge in [0.25, 0.3) is 0 Å². The number of carbonyl (C=O) groups is 2. The van der Waals surface area contributed by atoms with Gasteiger partial charge >= 0.3 is 5.97 Å². The molecular weight excluding hydrogens is 430 g/mol. The lowest BCUT2D eigenvalue weighted by Crippen LogP contribution is -2.49. The minimum Gasteiger partial charge on any atom is -0.494 e. The Morgan fingerprint density at radius 1 is 1.33 bits per heavy atom. The number of allylic oxidation sites excluding steroid dienone is 1. The maximum atomic E-state index is 15.7. The van der Waals surface area contributed by atoms with E-state index in [0.29, 0.717) is 37.9 Å². The van der Waals surface area contributed by atoms with Crippen LogP contribution in [0.1, 0.15) is 66.8 Å². The first kappa shape index (κ1) is 22.3. The molecule has 3 N–H and O–H groups in total. The molecule has 3 aliphatic carbocycles. The van der Waals surface area contributed by atoms with Crippen molar-refractivity contribution >= 4 is 17.4 Å². The zero-order chi connectivity index (χ0) is 23.5. The Morgan fingerprint density at radius 3 is 2.73 bits per heavy atom. The van der Waals surface area contributed by atoms with Crippen LogP contribution in [0, 0.1) is 17.7 Å². The number of ether oxygens (including phenoxy) is 1. The van der Waals surface area contributed by atoms with Crippen molar-refractivity contribution in [3.8, 4) is 5.75 Å². The number of nitrogens with two attached hydrogens (primary N) is 1. The lowest BCUT2D eigenvalue weighted by atomic mass is 9.76. The lowest BCUT2D eigenvalue weighted by molar-refractivity contribution is -0.132. The molecule has 178 valence electrons. The monoisotopic (exact) mass is 460 g/mol. The van der Waals surface area contributed by atoms with E-state index in [1.54, 1.807) is 0 Å². The van der Waals surface area contributed by atoms with Gasteiger partial charge < -0.3 is 20.5 Å². The molecule has 6 nitrogen and oxygen atoms in total. The molecule has 1 aromatic rings. The Labute approximate surface area is 191 Å². The highest BCUT2D eigenvalue weighted by atomic mass is 19.1. The molecule has 1 aliphatic heterocycles. The summed E-state index contributed by atoms with van der Waals surface area (Å²) in [4.78, 5) is 26.8. The van der Waals surface area contributed by atoms with Crippen molar-refractivity contribution in [2.45, 2.75) is 62.6 Å². The van der Waals surface area contributed by atoms with Crippen molar-refractivity contribution in [3.63, 3.8) is 0 Å². The van der Waals surface area contributed by atoms with Crippen LogP contribution in [-0.4, -0.2) is 48.8 Å². The zero-order valence-electron chi connectivity index (χ0n) is 18.8. The number of carbonyl (C=O) groups excluding carboxylic acids is 1. The number of methoxy groups -OCH3 is 1. The molecule has 33 heavy (non-hydrogen) atoms. The minimum absolute atomic E-state index is 0.0374. The lowest BCUT2D eigenvalue weighted by Gasteiger charge is -2.34. The van der Waals surface area contributed by atoms with Gasteiger partial charge in [0.15, 0.2) is 5.82 Å². The molecule has 2 saturated carbocycles. The van der Waals surface area contributed by atoms with Gasteiger partial charge in [-0.15, -0.1) is 0 Å². The fourth-order valence-corrected chi connectivity index (χ4v) is 6.36. The number of hydrogen-bond donors (Lipinski definition) is 2. The Balaban J connectivity index is 1.66. The topological polar surface area (TPSA) is 92.9 Å². The molecule has 5 atom stereocenters. The number of rotatable bonds is 4. The van der Waals surface area contributed by atoms with E-state index in [0.717, 1.165) is 31.7 Å². The van der Waals surface area contributed by atoms with Gasteiger partial charge in [0.2, 0.25) is 5.78 Å². The Morgan fingerprint density at radius 2 is 2.09 bits per heavy atom. The summed E-state index contributed by atoms with van der Waals surface area (Å²) in [6.45, 7) is 1.08. The van der Waals surface area contributed by atoms with E-state index in [2.05, 4.69) is 0 Å². The predicted molar refractivity (Wildman–Crippen MR) is 119 cm³/mol. The van der Waals surface area contributed by atoms with Gasteiger partial charge in [-0.05, 0) is 55.9 Å². The second kappa shape index (κ2) is 8.08. The van der Waals surface area contributed by atoms with Gasteiger partial charge in [-0.25, -0.2) is 13.6 Å². The smallest absolute Gasteiger partial charge is 0.339 e. The number of ketones is 1. The molecule has 3 fully saturated rings. The van der Waals surface area contributed by atoms with E-state index in [9.17, 15) is 19.1 Å². The van der Waals surface area contributed by atoms with Gasteiger partial charge in [-0.3, -0.25) is 4.79 Å². The highest BCUT2D eigenvalue weighted by Crippen LogP contribution is 2.54. The predicted octanol–water partition coefficient (Wildman–Crippen LogP) is 3.97. The van der Waals surface area contributed by atoms with Crippen LogP contribution in [0.15, 0.2) is 17.7 Å². The van der Waals surface area contributed by atoms with E-state index in [-0.39, 0.29) is 40.3 Å². The summed E-state index contributed by atoms with van der Waals surface area (Å²) in [7, 11) is 1.42. The number of anilines is 1. The second-order valence-electron chi connectivity index (χ2n) is 10.1. The molecule has 1 aromatic carbocycles. The number of hydrogen-bond acceptors (Lipinski definition) is 5. The van der Waals surface area contributed by atoms with Crippen LogP contribution >= 0.6 is 0 Å². The molecule has 4 aliphatic rings. The van der Waals surface area contributed by atoms with Crippen LogP contribution in [0.2, 0.25) is 0 Å². The number of aliphatic carboxylic acids is 1. The van der Waals surface area contributed by atoms with E-state index >= 15 is 4.39 Å². The van der Waals surface area contributed by atoms with Crippen LogP contribution < -0.4 is 15.4 Å². The molecule has 0 spiro atoms. The van der Waals surface area contributed by atoms with Crippen LogP contribution in [0.5, 0.6) is 5.75 Å². The molecule has 1 saturated heterocycles. The van der Waals surface area contributed by atoms with Crippen molar-refractivity contribution in [1.29, 1.82) is 0 Å². The Bertz CT molecular complexity index is 1040. The quantitative estimate of drug-likeness (QED) is 0.661. The maximum absolute atomic E-state index is 15.7. The molecule has 0 radical (unpaired) electrons. The van der Waals surface area contributed by atoms with Gasteiger partial charge in [-0.2, -0.15) is 0 Å². The normalized spacial score (nSPS) is 33.5. The van der Waals surface area contributed by atoms with Crippen molar-refractivity contribution in [2.75, 3.05) is 25.1 Å². The summed E-state index contributed by atoms with van der Waals surface area (Å²) >= 11 is 0. The largest absolute Gasteiger partial charge is 0.494 e. The highest BCUT2D eigenvalue weighted by molar-refractivity contribution is 6.24. The van der Waals surface area contributed by atoms with E-state index in [1.807, 2.05) is 4.90 Å². The third kappa shape index (κ3) is 3.63. The highest BCUT2D eigenvalue weighted by Gasteiger charge is 2.49. The fraction of sp³-hybridized carbons (Fsp3) is 0.600. The number of nitrogens with zero attached hydrogens (tertiary/aromatic N) is 1. The first-order valence-corrected chi connectivity index (χ1v) is 11.8. The van der Waals surface area contributed by atoms with Gasteiger partial charge in [0.1, 0.15) is 23.2 Å². The maximum Gasteiger partial charge on any atom is 0.339 e. The van der Waals surface area contributed by atoms with Gasteiger partial charge in [-0.1, -0.05) is 18.9 Å². The number of carboxylic acid groups (broad SMARTS) is 1. The van der Waals surface area contributed by atoms with Crippen molar-refractivity contribution in [1.82, 2.24) is 0 Å². The second-order valence-corrected chi connectivity index (χ2v) is 10.1. The summed E-state index contributed by atoms with van der Waals surface area (Å²) in [6.07, 6.45) is 5.57. The molecule has 1 heterocycles. The molecule has 8 heteroatoms.